The number of nitrogens with one attached hydrogen (secondary N) is 1. The number of rotatable bonds is 6. The van der Waals surface area contributed by atoms with Crippen molar-refractivity contribution in [2.45, 2.75) is 18.9 Å². The maximum atomic E-state index is 8.97. The molecule has 1 aliphatic carbocycles. The Hall–Kier alpha value is -0.160. The van der Waals surface area contributed by atoms with Gasteiger partial charge < -0.3 is 20.6 Å². The quantitative estimate of drug-likeness (QED) is 0.405. The van der Waals surface area contributed by atoms with E-state index >= 15 is 0 Å². The maximum Gasteiger partial charge on any atom is 0.0894 e. The van der Waals surface area contributed by atoms with E-state index < -0.39 is 6.10 Å². The normalized spacial score (nSPS) is 22.2. The molecule has 1 rings (SSSR count). The van der Waals surface area contributed by atoms with E-state index in [1.54, 1.807) is 0 Å². The first-order valence-electron chi connectivity index (χ1n) is 4.33. The van der Waals surface area contributed by atoms with Crippen LogP contribution in [0.3, 0.4) is 0 Å². The molecule has 0 saturated heterocycles. The van der Waals surface area contributed by atoms with Crippen LogP contribution in [-0.4, -0.2) is 47.7 Å². The summed E-state index contributed by atoms with van der Waals surface area (Å²) < 4.78 is 0. The second-order valence-electron chi connectivity index (χ2n) is 3.63. The molecule has 0 aliphatic heterocycles. The molecule has 12 heavy (non-hydrogen) atoms. The van der Waals surface area contributed by atoms with Crippen LogP contribution in [0.25, 0.3) is 0 Å². The molecule has 1 aliphatic rings. The fourth-order valence-corrected chi connectivity index (χ4v) is 1.14. The van der Waals surface area contributed by atoms with Gasteiger partial charge in [-0.2, -0.15) is 0 Å². The predicted octanol–water partition coefficient (Wildman–Crippen LogP) is -1.30. The largest absolute Gasteiger partial charge is 0.396 e. The van der Waals surface area contributed by atoms with E-state index in [0.29, 0.717) is 6.54 Å². The summed E-state index contributed by atoms with van der Waals surface area (Å²) >= 11 is 0. The Labute approximate surface area is 72.2 Å². The van der Waals surface area contributed by atoms with E-state index in [2.05, 4.69) is 5.32 Å². The zero-order chi connectivity index (χ0) is 9.03. The molecule has 72 valence electrons. The third kappa shape index (κ3) is 2.71. The summed E-state index contributed by atoms with van der Waals surface area (Å²) in [5.41, 5.74) is 0.0785. The van der Waals surface area contributed by atoms with Gasteiger partial charge >= 0.3 is 0 Å². The topological polar surface area (TPSA) is 72.7 Å². The van der Waals surface area contributed by atoms with E-state index in [1.807, 2.05) is 0 Å². The highest BCUT2D eigenvalue weighted by Crippen LogP contribution is 2.44. The van der Waals surface area contributed by atoms with Gasteiger partial charge in [0, 0.05) is 25.1 Å². The molecule has 4 N–H and O–H groups in total. The monoisotopic (exact) mass is 175 g/mol. The van der Waals surface area contributed by atoms with Gasteiger partial charge in [-0.15, -0.1) is 0 Å². The maximum absolute atomic E-state index is 8.97. The average molecular weight is 175 g/mol. The minimum absolute atomic E-state index is 0.0785. The van der Waals surface area contributed by atoms with Gasteiger partial charge in [0.1, 0.15) is 0 Å². The van der Waals surface area contributed by atoms with Crippen LogP contribution in [0.2, 0.25) is 0 Å². The van der Waals surface area contributed by atoms with Crippen LogP contribution in [0.15, 0.2) is 0 Å². The highest BCUT2D eigenvalue weighted by atomic mass is 16.3. The number of aliphatic hydroxyl groups excluding tert-OH is 3. The second kappa shape index (κ2) is 4.18. The molecule has 1 saturated carbocycles. The Kier molecular flexibility index (Phi) is 3.46. The Morgan fingerprint density at radius 2 is 2.00 bits per heavy atom. The highest BCUT2D eigenvalue weighted by molar-refractivity contribution is 4.94. The lowest BCUT2D eigenvalue weighted by Crippen LogP contribution is -2.34. The third-order valence-corrected chi connectivity index (χ3v) is 2.38. The first-order valence-corrected chi connectivity index (χ1v) is 4.33. The van der Waals surface area contributed by atoms with Crippen LogP contribution in [0.1, 0.15) is 12.8 Å². The van der Waals surface area contributed by atoms with Crippen LogP contribution < -0.4 is 5.32 Å². The zero-order valence-corrected chi connectivity index (χ0v) is 7.16. The predicted molar refractivity (Wildman–Crippen MR) is 44.7 cm³/mol. The molecule has 0 aromatic carbocycles. The standard InChI is InChI=1S/C8H17NO3/c10-4-7(12)3-9-5-8(6-11)1-2-8/h7,9-12H,1-6H2. The smallest absolute Gasteiger partial charge is 0.0894 e. The summed E-state index contributed by atoms with van der Waals surface area (Å²) in [6.07, 6.45) is 1.44. The van der Waals surface area contributed by atoms with Crippen LogP contribution in [0.5, 0.6) is 0 Å². The van der Waals surface area contributed by atoms with Gasteiger partial charge in [-0.05, 0) is 12.8 Å². The first-order chi connectivity index (χ1) is 5.72. The van der Waals surface area contributed by atoms with Crippen molar-refractivity contribution < 1.29 is 15.3 Å². The van der Waals surface area contributed by atoms with Crippen molar-refractivity contribution in [2.24, 2.45) is 5.41 Å². The number of hydrogen-bond donors (Lipinski definition) is 4. The summed E-state index contributed by atoms with van der Waals surface area (Å²) in [5, 5.41) is 29.4. The molecule has 0 radical (unpaired) electrons. The van der Waals surface area contributed by atoms with Gasteiger partial charge in [0.2, 0.25) is 0 Å². The Balaban J connectivity index is 2.02. The van der Waals surface area contributed by atoms with E-state index in [1.165, 1.54) is 0 Å². The summed E-state index contributed by atoms with van der Waals surface area (Å²) in [6, 6.07) is 0. The van der Waals surface area contributed by atoms with Crippen molar-refractivity contribution in [1.29, 1.82) is 0 Å². The minimum atomic E-state index is -0.681. The Morgan fingerprint density at radius 3 is 2.42 bits per heavy atom. The summed E-state index contributed by atoms with van der Waals surface area (Å²) in [6.45, 7) is 1.15. The second-order valence-corrected chi connectivity index (χ2v) is 3.63. The van der Waals surface area contributed by atoms with E-state index in [9.17, 15) is 0 Å². The van der Waals surface area contributed by atoms with Crippen molar-refractivity contribution in [3.63, 3.8) is 0 Å². The molecule has 1 fully saturated rings. The third-order valence-electron chi connectivity index (χ3n) is 2.38. The lowest BCUT2D eigenvalue weighted by Gasteiger charge is -2.14. The molecule has 0 spiro atoms. The van der Waals surface area contributed by atoms with Gasteiger partial charge in [-0.1, -0.05) is 0 Å². The fraction of sp³-hybridized carbons (Fsp3) is 1.00. The van der Waals surface area contributed by atoms with Gasteiger partial charge in [0.05, 0.1) is 12.7 Å². The highest BCUT2D eigenvalue weighted by Gasteiger charge is 2.41. The Morgan fingerprint density at radius 1 is 1.33 bits per heavy atom. The molecule has 4 heteroatoms. The van der Waals surface area contributed by atoms with E-state index in [-0.39, 0.29) is 18.6 Å². The first kappa shape index (κ1) is 9.92. The van der Waals surface area contributed by atoms with Crippen molar-refractivity contribution in [2.75, 3.05) is 26.3 Å². The molecule has 4 nitrogen and oxygen atoms in total. The molecular formula is C8H17NO3. The van der Waals surface area contributed by atoms with Gasteiger partial charge in [-0.3, -0.25) is 0 Å². The van der Waals surface area contributed by atoms with Crippen LogP contribution >= 0.6 is 0 Å². The molecule has 0 amide bonds. The zero-order valence-electron chi connectivity index (χ0n) is 7.16. The van der Waals surface area contributed by atoms with Crippen LogP contribution in [0, 0.1) is 5.41 Å². The average Bonchev–Trinajstić information content (AvgIpc) is 2.85. The molecule has 1 unspecified atom stereocenters. The van der Waals surface area contributed by atoms with Gasteiger partial charge in [0.15, 0.2) is 0 Å². The molecule has 0 bridgehead atoms. The summed E-state index contributed by atoms with van der Waals surface area (Å²) in [7, 11) is 0. The molecule has 0 aromatic heterocycles. The van der Waals surface area contributed by atoms with Crippen LogP contribution in [-0.2, 0) is 0 Å². The lowest BCUT2D eigenvalue weighted by molar-refractivity contribution is 0.0916. The summed E-state index contributed by atoms with van der Waals surface area (Å²) in [4.78, 5) is 0. The van der Waals surface area contributed by atoms with Gasteiger partial charge in [-0.25, -0.2) is 0 Å². The number of aliphatic hydroxyl groups is 3. The van der Waals surface area contributed by atoms with Crippen molar-refractivity contribution >= 4 is 0 Å². The van der Waals surface area contributed by atoms with E-state index in [0.717, 1.165) is 19.4 Å². The lowest BCUT2D eigenvalue weighted by atomic mass is 10.1. The van der Waals surface area contributed by atoms with E-state index in [4.69, 9.17) is 15.3 Å². The van der Waals surface area contributed by atoms with Crippen LogP contribution in [0.4, 0.5) is 0 Å². The van der Waals surface area contributed by atoms with Gasteiger partial charge in [0.25, 0.3) is 0 Å². The van der Waals surface area contributed by atoms with Crippen molar-refractivity contribution in [1.82, 2.24) is 5.32 Å². The molecule has 0 aromatic rings. The fourth-order valence-electron chi connectivity index (χ4n) is 1.14. The van der Waals surface area contributed by atoms with Crippen molar-refractivity contribution in [3.8, 4) is 0 Å². The Bertz CT molecular complexity index is 136. The minimum Gasteiger partial charge on any atom is -0.396 e. The molecule has 1 atom stereocenters. The number of hydrogen-bond acceptors (Lipinski definition) is 4. The molecule has 0 heterocycles. The SMILES string of the molecule is OCC(O)CNCC1(CO)CC1. The molecular weight excluding hydrogens is 158 g/mol. The van der Waals surface area contributed by atoms with Crippen molar-refractivity contribution in [3.05, 3.63) is 0 Å². The summed E-state index contributed by atoms with van der Waals surface area (Å²) in [5.74, 6) is 0.